The second-order valence-electron chi connectivity index (χ2n) is 6.03. The third-order valence-electron chi connectivity index (χ3n) is 3.11. The molecule has 0 bridgehead atoms. The lowest BCUT2D eigenvalue weighted by atomic mass is 10.0. The first-order chi connectivity index (χ1) is 8.54. The fourth-order valence-corrected chi connectivity index (χ4v) is 2.66. The molecule has 1 aromatic carbocycles. The lowest BCUT2D eigenvalue weighted by molar-refractivity contribution is 0.338. The van der Waals surface area contributed by atoms with Crippen molar-refractivity contribution >= 4 is 8.07 Å². The smallest absolute Gasteiger partial charge is 0.119 e. The van der Waals surface area contributed by atoms with Crippen LogP contribution >= 0.6 is 0 Å². The topological polar surface area (TPSA) is 9.23 Å². The molecule has 0 fully saturated rings. The Bertz CT molecular complexity index is 442. The summed E-state index contributed by atoms with van der Waals surface area (Å²) in [5.41, 5.74) is 1.31. The summed E-state index contributed by atoms with van der Waals surface area (Å²) >= 11 is 0. The highest BCUT2D eigenvalue weighted by molar-refractivity contribution is 6.76. The predicted octanol–water partition coefficient (Wildman–Crippen LogP) is 4.61. The number of rotatable bonds is 5. The zero-order valence-corrected chi connectivity index (χ0v) is 12.5. The van der Waals surface area contributed by atoms with Gasteiger partial charge in [-0.25, -0.2) is 0 Å². The van der Waals surface area contributed by atoms with Crippen molar-refractivity contribution in [2.24, 2.45) is 0 Å². The van der Waals surface area contributed by atoms with E-state index in [1.165, 1.54) is 11.6 Å². The number of allylic oxidation sites excluding steroid dienone is 4. The molecule has 1 nitrogen and oxygen atoms in total. The van der Waals surface area contributed by atoms with Gasteiger partial charge in [-0.3, -0.25) is 0 Å². The van der Waals surface area contributed by atoms with Gasteiger partial charge in [0.25, 0.3) is 0 Å². The molecule has 0 heterocycles. The second kappa shape index (κ2) is 5.57. The normalized spacial score (nSPS) is 15.3. The molecule has 0 amide bonds. The molecule has 0 saturated heterocycles. The van der Waals surface area contributed by atoms with Crippen LogP contribution in [0.4, 0.5) is 0 Å². The molecule has 0 saturated carbocycles. The molecular formula is C16H22OSi. The average Bonchev–Trinajstić information content (AvgIpc) is 2.81. The summed E-state index contributed by atoms with van der Waals surface area (Å²) < 4.78 is 5.87. The van der Waals surface area contributed by atoms with Crippen molar-refractivity contribution in [3.8, 4) is 5.75 Å². The number of benzene rings is 1. The molecule has 0 unspecified atom stereocenters. The Labute approximate surface area is 111 Å². The highest BCUT2D eigenvalue weighted by atomic mass is 28.3. The maximum absolute atomic E-state index is 5.87. The highest BCUT2D eigenvalue weighted by Gasteiger charge is 2.13. The first kappa shape index (κ1) is 13.2. The van der Waals surface area contributed by atoms with Crippen LogP contribution in [0.5, 0.6) is 5.75 Å². The van der Waals surface area contributed by atoms with Gasteiger partial charge in [-0.1, -0.05) is 56.1 Å². The minimum atomic E-state index is -0.998. The van der Waals surface area contributed by atoms with Gasteiger partial charge in [0.1, 0.15) is 5.75 Å². The van der Waals surface area contributed by atoms with Crippen LogP contribution in [0.3, 0.4) is 0 Å². The van der Waals surface area contributed by atoms with Crippen molar-refractivity contribution in [1.82, 2.24) is 0 Å². The van der Waals surface area contributed by atoms with Crippen LogP contribution in [0, 0.1) is 0 Å². The summed E-state index contributed by atoms with van der Waals surface area (Å²) in [6.45, 7) is 7.97. The van der Waals surface area contributed by atoms with Gasteiger partial charge in [-0.05, 0) is 23.7 Å². The molecule has 1 aliphatic rings. The van der Waals surface area contributed by atoms with Gasteiger partial charge < -0.3 is 4.74 Å². The number of ether oxygens (including phenoxy) is 1. The Balaban J connectivity index is 1.95. The van der Waals surface area contributed by atoms with Crippen molar-refractivity contribution in [3.63, 3.8) is 0 Å². The Morgan fingerprint density at radius 2 is 1.83 bits per heavy atom. The third-order valence-corrected chi connectivity index (χ3v) is 4.82. The van der Waals surface area contributed by atoms with Crippen LogP contribution in [0.2, 0.25) is 25.7 Å². The second-order valence-corrected chi connectivity index (χ2v) is 11.6. The van der Waals surface area contributed by atoms with Gasteiger partial charge in [0.15, 0.2) is 0 Å². The molecule has 18 heavy (non-hydrogen) atoms. The Kier molecular flexibility index (Phi) is 4.07. The fourth-order valence-electron chi connectivity index (χ4n) is 1.94. The molecule has 1 aliphatic carbocycles. The van der Waals surface area contributed by atoms with Gasteiger partial charge in [0.2, 0.25) is 0 Å². The Morgan fingerprint density at radius 3 is 2.50 bits per heavy atom. The maximum atomic E-state index is 5.87. The molecule has 0 atom stereocenters. The summed E-state index contributed by atoms with van der Waals surface area (Å²) in [5.74, 6) is 1.42. The van der Waals surface area contributed by atoms with Crippen molar-refractivity contribution in [3.05, 3.63) is 54.1 Å². The number of hydrogen-bond acceptors (Lipinski definition) is 1. The minimum Gasteiger partial charge on any atom is -0.494 e. The lowest BCUT2D eigenvalue weighted by Gasteiger charge is -2.16. The Hall–Kier alpha value is -1.28. The SMILES string of the molecule is C[Si](C)(C)CCOc1cccc(C2C=CC=C2)c1. The number of hydrogen-bond donors (Lipinski definition) is 0. The van der Waals surface area contributed by atoms with Gasteiger partial charge in [0.05, 0.1) is 6.61 Å². The van der Waals surface area contributed by atoms with Crippen LogP contribution in [0.25, 0.3) is 0 Å². The zero-order chi connectivity index (χ0) is 13.0. The van der Waals surface area contributed by atoms with Gasteiger partial charge >= 0.3 is 0 Å². The molecule has 0 aromatic heterocycles. The molecule has 2 heteroatoms. The minimum absolute atomic E-state index is 0.422. The van der Waals surface area contributed by atoms with Crippen molar-refractivity contribution < 1.29 is 4.74 Å². The first-order valence-corrected chi connectivity index (χ1v) is 10.3. The van der Waals surface area contributed by atoms with E-state index in [1.807, 2.05) is 0 Å². The molecule has 2 rings (SSSR count). The van der Waals surface area contributed by atoms with E-state index in [0.717, 1.165) is 12.4 Å². The van der Waals surface area contributed by atoms with E-state index in [0.29, 0.717) is 5.92 Å². The lowest BCUT2D eigenvalue weighted by Crippen LogP contribution is -2.22. The first-order valence-electron chi connectivity index (χ1n) is 6.62. The van der Waals surface area contributed by atoms with Crippen LogP contribution in [-0.4, -0.2) is 14.7 Å². The Morgan fingerprint density at radius 1 is 1.11 bits per heavy atom. The zero-order valence-electron chi connectivity index (χ0n) is 11.5. The van der Waals surface area contributed by atoms with E-state index in [1.54, 1.807) is 0 Å². The van der Waals surface area contributed by atoms with E-state index in [9.17, 15) is 0 Å². The molecule has 0 radical (unpaired) electrons. The quantitative estimate of drug-likeness (QED) is 0.701. The summed E-state index contributed by atoms with van der Waals surface area (Å²) in [5, 5.41) is 0. The average molecular weight is 258 g/mol. The van der Waals surface area contributed by atoms with Gasteiger partial charge in [-0.15, -0.1) is 0 Å². The van der Waals surface area contributed by atoms with Gasteiger partial charge in [-0.2, -0.15) is 0 Å². The van der Waals surface area contributed by atoms with Crippen molar-refractivity contribution in [2.75, 3.05) is 6.61 Å². The summed E-state index contributed by atoms with van der Waals surface area (Å²) in [4.78, 5) is 0. The van der Waals surface area contributed by atoms with E-state index < -0.39 is 8.07 Å². The maximum Gasteiger partial charge on any atom is 0.119 e. The van der Waals surface area contributed by atoms with Crippen molar-refractivity contribution in [2.45, 2.75) is 31.6 Å². The molecule has 0 spiro atoms. The van der Waals surface area contributed by atoms with E-state index in [4.69, 9.17) is 4.74 Å². The standard InChI is InChI=1S/C16H22OSi/c1-18(2,3)12-11-17-16-10-6-9-15(13-16)14-7-4-5-8-14/h4-10,13-14H,11-12H2,1-3H3. The molecule has 0 aliphatic heterocycles. The molecule has 0 N–H and O–H groups in total. The van der Waals surface area contributed by atoms with Crippen LogP contribution in [-0.2, 0) is 0 Å². The molecule has 96 valence electrons. The van der Waals surface area contributed by atoms with E-state index in [2.05, 4.69) is 68.2 Å². The van der Waals surface area contributed by atoms with E-state index in [-0.39, 0.29) is 0 Å². The van der Waals surface area contributed by atoms with Crippen LogP contribution in [0.15, 0.2) is 48.6 Å². The van der Waals surface area contributed by atoms with Gasteiger partial charge in [0, 0.05) is 14.0 Å². The monoisotopic (exact) mass is 258 g/mol. The predicted molar refractivity (Wildman–Crippen MR) is 81.1 cm³/mol. The highest BCUT2D eigenvalue weighted by Crippen LogP contribution is 2.26. The fraction of sp³-hybridized carbons (Fsp3) is 0.375. The summed E-state index contributed by atoms with van der Waals surface area (Å²) in [6.07, 6.45) is 8.62. The van der Waals surface area contributed by atoms with Crippen LogP contribution in [0.1, 0.15) is 11.5 Å². The summed E-state index contributed by atoms with van der Waals surface area (Å²) in [7, 11) is -0.998. The van der Waals surface area contributed by atoms with Crippen molar-refractivity contribution in [1.29, 1.82) is 0 Å². The van der Waals surface area contributed by atoms with E-state index >= 15 is 0 Å². The third kappa shape index (κ3) is 3.88. The summed E-state index contributed by atoms with van der Waals surface area (Å²) in [6, 6.07) is 9.67. The molecule has 1 aromatic rings. The molecular weight excluding hydrogens is 236 g/mol. The van der Waals surface area contributed by atoms with Crippen LogP contribution < -0.4 is 4.74 Å². The largest absolute Gasteiger partial charge is 0.494 e.